The van der Waals surface area contributed by atoms with Crippen molar-refractivity contribution in [1.29, 1.82) is 0 Å². The third-order valence-corrected chi connectivity index (χ3v) is 5.13. The molecule has 1 amide bonds. The molecule has 0 radical (unpaired) electrons. The molecule has 17 heavy (non-hydrogen) atoms. The minimum absolute atomic E-state index is 0.308. The van der Waals surface area contributed by atoms with Gasteiger partial charge in [-0.2, -0.15) is 0 Å². The minimum atomic E-state index is 0.308. The lowest BCUT2D eigenvalue weighted by Crippen LogP contribution is -2.51. The summed E-state index contributed by atoms with van der Waals surface area (Å²) in [6, 6.07) is 0.308. The molecule has 3 aliphatic rings. The van der Waals surface area contributed by atoms with Crippen molar-refractivity contribution in [3.8, 4) is 0 Å². The second-order valence-electron chi connectivity index (χ2n) is 6.47. The third kappa shape index (κ3) is 2.10. The molecule has 0 aromatic rings. The highest BCUT2D eigenvalue weighted by Gasteiger charge is 2.49. The monoisotopic (exact) mass is 236 g/mol. The summed E-state index contributed by atoms with van der Waals surface area (Å²) < 4.78 is 0. The Kier molecular flexibility index (Phi) is 2.89. The van der Waals surface area contributed by atoms with Crippen LogP contribution < -0.4 is 5.73 Å². The summed E-state index contributed by atoms with van der Waals surface area (Å²) in [6.45, 7) is 3.85. The molecule has 2 saturated carbocycles. The topological polar surface area (TPSA) is 46.3 Å². The Balaban J connectivity index is 1.63. The zero-order valence-corrected chi connectivity index (χ0v) is 10.8. The van der Waals surface area contributed by atoms with Crippen LogP contribution in [-0.4, -0.2) is 29.9 Å². The second kappa shape index (κ2) is 4.27. The average molecular weight is 236 g/mol. The standard InChI is InChI=1S/C14H24N2O/c1-9-2-3-16(13(4-9)8-15)14(17)12-6-10-5-11(10)7-12/h9-13H,2-8,15H2,1H3. The van der Waals surface area contributed by atoms with Gasteiger partial charge >= 0.3 is 0 Å². The van der Waals surface area contributed by atoms with Crippen molar-refractivity contribution >= 4 is 5.91 Å². The molecular formula is C14H24N2O. The van der Waals surface area contributed by atoms with Crippen molar-refractivity contribution in [3.63, 3.8) is 0 Å². The molecule has 96 valence electrons. The maximum atomic E-state index is 12.5. The van der Waals surface area contributed by atoms with Gasteiger partial charge in [0.05, 0.1) is 0 Å². The first kappa shape index (κ1) is 11.5. The first-order valence-corrected chi connectivity index (χ1v) is 7.19. The van der Waals surface area contributed by atoms with Gasteiger partial charge < -0.3 is 10.6 Å². The van der Waals surface area contributed by atoms with Crippen molar-refractivity contribution in [2.75, 3.05) is 13.1 Å². The van der Waals surface area contributed by atoms with Crippen LogP contribution in [0.25, 0.3) is 0 Å². The molecule has 1 heterocycles. The Morgan fingerprint density at radius 2 is 1.94 bits per heavy atom. The quantitative estimate of drug-likeness (QED) is 0.792. The van der Waals surface area contributed by atoms with E-state index in [-0.39, 0.29) is 0 Å². The van der Waals surface area contributed by atoms with E-state index in [1.807, 2.05) is 0 Å². The van der Waals surface area contributed by atoms with Gasteiger partial charge in [0.2, 0.25) is 5.91 Å². The summed E-state index contributed by atoms with van der Waals surface area (Å²) in [6.07, 6.45) is 5.96. The zero-order valence-electron chi connectivity index (χ0n) is 10.8. The third-order valence-electron chi connectivity index (χ3n) is 5.13. The van der Waals surface area contributed by atoms with Crippen molar-refractivity contribution < 1.29 is 4.79 Å². The number of piperidine rings is 1. The summed E-state index contributed by atoms with van der Waals surface area (Å²) in [5, 5.41) is 0. The summed E-state index contributed by atoms with van der Waals surface area (Å²) in [4.78, 5) is 14.6. The lowest BCUT2D eigenvalue weighted by molar-refractivity contribution is -0.139. The highest BCUT2D eigenvalue weighted by Crippen LogP contribution is 2.54. The van der Waals surface area contributed by atoms with E-state index in [0.29, 0.717) is 24.4 Å². The van der Waals surface area contributed by atoms with Gasteiger partial charge in [0.25, 0.3) is 0 Å². The molecule has 2 aliphatic carbocycles. The molecule has 1 aliphatic heterocycles. The molecule has 0 bridgehead atoms. The summed E-state index contributed by atoms with van der Waals surface area (Å²) in [5.74, 6) is 3.26. The molecule has 3 fully saturated rings. The van der Waals surface area contributed by atoms with Gasteiger partial charge in [-0.3, -0.25) is 4.79 Å². The van der Waals surface area contributed by atoms with Crippen molar-refractivity contribution in [2.24, 2.45) is 29.4 Å². The van der Waals surface area contributed by atoms with Crippen LogP contribution in [0.3, 0.4) is 0 Å². The molecule has 4 unspecified atom stereocenters. The number of carbonyl (C=O) groups excluding carboxylic acids is 1. The van der Waals surface area contributed by atoms with E-state index in [4.69, 9.17) is 5.73 Å². The van der Waals surface area contributed by atoms with Gasteiger partial charge in [-0.05, 0) is 49.9 Å². The minimum Gasteiger partial charge on any atom is -0.338 e. The van der Waals surface area contributed by atoms with E-state index in [9.17, 15) is 4.79 Å². The van der Waals surface area contributed by atoms with Crippen LogP contribution >= 0.6 is 0 Å². The van der Waals surface area contributed by atoms with Crippen LogP contribution in [0.1, 0.15) is 39.0 Å². The Labute approximate surface area is 104 Å². The Morgan fingerprint density at radius 1 is 1.24 bits per heavy atom. The molecule has 0 aromatic carbocycles. The van der Waals surface area contributed by atoms with E-state index in [1.54, 1.807) is 0 Å². The number of nitrogens with zero attached hydrogens (tertiary/aromatic N) is 1. The first-order chi connectivity index (χ1) is 8.19. The van der Waals surface area contributed by atoms with Crippen LogP contribution in [0.5, 0.6) is 0 Å². The smallest absolute Gasteiger partial charge is 0.225 e. The first-order valence-electron chi connectivity index (χ1n) is 7.19. The van der Waals surface area contributed by atoms with E-state index in [0.717, 1.165) is 50.0 Å². The van der Waals surface area contributed by atoms with Crippen LogP contribution in [0, 0.1) is 23.7 Å². The lowest BCUT2D eigenvalue weighted by atomic mass is 9.90. The fourth-order valence-corrected chi connectivity index (χ4v) is 3.92. The predicted octanol–water partition coefficient (Wildman–Crippen LogP) is 1.62. The SMILES string of the molecule is CC1CCN(C(=O)C2CC3CC3C2)C(CN)C1. The fourth-order valence-electron chi connectivity index (χ4n) is 3.92. The Hall–Kier alpha value is -0.570. The summed E-state index contributed by atoms with van der Waals surface area (Å²) in [5.41, 5.74) is 5.83. The van der Waals surface area contributed by atoms with E-state index in [2.05, 4.69) is 11.8 Å². The molecule has 4 atom stereocenters. The number of fused-ring (bicyclic) bond motifs is 1. The number of hydrogen-bond acceptors (Lipinski definition) is 2. The van der Waals surface area contributed by atoms with Gasteiger partial charge in [-0.25, -0.2) is 0 Å². The van der Waals surface area contributed by atoms with Crippen LogP contribution in [0.4, 0.5) is 0 Å². The van der Waals surface area contributed by atoms with Crippen molar-refractivity contribution in [1.82, 2.24) is 4.90 Å². The van der Waals surface area contributed by atoms with E-state index < -0.39 is 0 Å². The highest BCUT2D eigenvalue weighted by molar-refractivity contribution is 5.80. The molecule has 0 spiro atoms. The summed E-state index contributed by atoms with van der Waals surface area (Å²) >= 11 is 0. The largest absolute Gasteiger partial charge is 0.338 e. The number of rotatable bonds is 2. The normalized spacial score (nSPS) is 44.6. The van der Waals surface area contributed by atoms with Gasteiger partial charge in [0.15, 0.2) is 0 Å². The molecule has 3 heteroatoms. The highest BCUT2D eigenvalue weighted by atomic mass is 16.2. The number of nitrogens with two attached hydrogens (primary N) is 1. The second-order valence-corrected chi connectivity index (χ2v) is 6.47. The molecule has 3 nitrogen and oxygen atoms in total. The van der Waals surface area contributed by atoms with E-state index in [1.165, 1.54) is 6.42 Å². The Bertz CT molecular complexity index is 307. The Morgan fingerprint density at radius 3 is 2.59 bits per heavy atom. The fraction of sp³-hybridized carbons (Fsp3) is 0.929. The molecular weight excluding hydrogens is 212 g/mol. The number of likely N-dealkylation sites (tertiary alicyclic amines) is 1. The average Bonchev–Trinajstić information content (AvgIpc) is 2.95. The van der Waals surface area contributed by atoms with Gasteiger partial charge in [-0.15, -0.1) is 0 Å². The zero-order chi connectivity index (χ0) is 12.0. The van der Waals surface area contributed by atoms with Gasteiger partial charge in [0.1, 0.15) is 0 Å². The van der Waals surface area contributed by atoms with Crippen LogP contribution in [-0.2, 0) is 4.79 Å². The number of carbonyl (C=O) groups is 1. The number of hydrogen-bond donors (Lipinski definition) is 1. The predicted molar refractivity (Wildman–Crippen MR) is 67.3 cm³/mol. The number of amides is 1. The molecule has 0 aromatic heterocycles. The van der Waals surface area contributed by atoms with Crippen molar-refractivity contribution in [3.05, 3.63) is 0 Å². The van der Waals surface area contributed by atoms with E-state index >= 15 is 0 Å². The molecule has 3 rings (SSSR count). The van der Waals surface area contributed by atoms with Crippen LogP contribution in [0.2, 0.25) is 0 Å². The molecule has 2 N–H and O–H groups in total. The maximum Gasteiger partial charge on any atom is 0.225 e. The van der Waals surface area contributed by atoms with Crippen molar-refractivity contribution in [2.45, 2.75) is 45.1 Å². The summed E-state index contributed by atoms with van der Waals surface area (Å²) in [7, 11) is 0. The lowest BCUT2D eigenvalue weighted by Gasteiger charge is -2.39. The van der Waals surface area contributed by atoms with Crippen LogP contribution in [0.15, 0.2) is 0 Å². The van der Waals surface area contributed by atoms with Gasteiger partial charge in [-0.1, -0.05) is 6.92 Å². The maximum absolute atomic E-state index is 12.5. The van der Waals surface area contributed by atoms with Gasteiger partial charge in [0, 0.05) is 25.0 Å². The molecule has 1 saturated heterocycles.